The van der Waals surface area contributed by atoms with E-state index >= 15 is 0 Å². The molecular formula is C25H30N4O9S. The van der Waals surface area contributed by atoms with Crippen molar-refractivity contribution in [2.45, 2.75) is 43.4 Å². The molecule has 0 aromatic heterocycles. The molecule has 2 rings (SSSR count). The summed E-state index contributed by atoms with van der Waals surface area (Å²) in [5.41, 5.74) is 7.02. The second-order valence-electron chi connectivity index (χ2n) is 8.65. The van der Waals surface area contributed by atoms with Crippen molar-refractivity contribution in [3.8, 4) is 11.5 Å². The molecule has 39 heavy (non-hydrogen) atoms. The van der Waals surface area contributed by atoms with Gasteiger partial charge in [-0.3, -0.25) is 19.2 Å². The second kappa shape index (κ2) is 14.6. The van der Waals surface area contributed by atoms with Gasteiger partial charge in [-0.05, 0) is 41.8 Å². The number of benzene rings is 2. The Kier molecular flexibility index (Phi) is 11.6. The Morgan fingerprint density at radius 3 is 1.59 bits per heavy atom. The van der Waals surface area contributed by atoms with Crippen molar-refractivity contribution in [2.75, 3.05) is 5.75 Å². The van der Waals surface area contributed by atoms with Gasteiger partial charge in [0, 0.05) is 12.2 Å². The summed E-state index contributed by atoms with van der Waals surface area (Å²) in [5.74, 6) is -5.75. The number of hydrogen-bond donors (Lipinski definition) is 9. The highest BCUT2D eigenvalue weighted by atomic mass is 32.1. The molecule has 2 aromatic rings. The van der Waals surface area contributed by atoms with Crippen LogP contribution in [0.5, 0.6) is 11.5 Å². The lowest BCUT2D eigenvalue weighted by molar-refractivity contribution is -0.143. The van der Waals surface area contributed by atoms with E-state index in [4.69, 9.17) is 5.73 Å². The van der Waals surface area contributed by atoms with E-state index in [-0.39, 0.29) is 30.1 Å². The minimum absolute atomic E-state index is 0.0168. The van der Waals surface area contributed by atoms with Crippen molar-refractivity contribution in [1.82, 2.24) is 16.0 Å². The van der Waals surface area contributed by atoms with Crippen molar-refractivity contribution < 1.29 is 44.4 Å². The van der Waals surface area contributed by atoms with Crippen LogP contribution in [-0.4, -0.2) is 80.0 Å². The first-order chi connectivity index (χ1) is 18.4. The van der Waals surface area contributed by atoms with Crippen LogP contribution in [0.15, 0.2) is 48.5 Å². The Balaban J connectivity index is 2.05. The molecule has 2 aromatic carbocycles. The fourth-order valence-electron chi connectivity index (χ4n) is 3.45. The number of aromatic hydroxyl groups is 2. The average Bonchev–Trinajstić information content (AvgIpc) is 2.88. The highest BCUT2D eigenvalue weighted by molar-refractivity contribution is 7.80. The molecule has 0 heterocycles. The Bertz CT molecular complexity index is 1180. The van der Waals surface area contributed by atoms with Crippen LogP contribution < -0.4 is 21.7 Å². The molecule has 0 saturated carbocycles. The van der Waals surface area contributed by atoms with Gasteiger partial charge in [-0.1, -0.05) is 24.3 Å². The van der Waals surface area contributed by atoms with Crippen LogP contribution in [0.25, 0.3) is 0 Å². The van der Waals surface area contributed by atoms with Crippen LogP contribution in [0.1, 0.15) is 17.5 Å². The molecule has 0 aliphatic carbocycles. The summed E-state index contributed by atoms with van der Waals surface area (Å²) in [4.78, 5) is 61.2. The van der Waals surface area contributed by atoms with E-state index in [1.807, 2.05) is 0 Å². The predicted molar refractivity (Wildman–Crippen MR) is 141 cm³/mol. The van der Waals surface area contributed by atoms with Crippen molar-refractivity contribution >= 4 is 42.3 Å². The average molecular weight is 563 g/mol. The van der Waals surface area contributed by atoms with Gasteiger partial charge in [0.25, 0.3) is 0 Å². The SMILES string of the molecule is NC(Cc1ccc(O)cc1)C(=O)NC(CC(=O)O)C(=O)NC(CS)C(=O)NC(Cc1ccc(O)cc1)C(=O)O. The number of thiol groups is 1. The van der Waals surface area contributed by atoms with Gasteiger partial charge < -0.3 is 42.1 Å². The maximum absolute atomic E-state index is 12.8. The molecule has 210 valence electrons. The first-order valence-electron chi connectivity index (χ1n) is 11.7. The standard InChI is InChI=1S/C25H30N4O9S/c26-17(9-13-1-5-15(30)6-2-13)22(34)27-18(11-21(32)33)23(35)29-20(12-39)24(36)28-19(25(37)38)10-14-3-7-16(31)8-4-14/h1-8,17-20,30-31,39H,9-12,26H2,(H,27,34)(H,28,36)(H,29,35)(H,32,33)(H,37,38). The highest BCUT2D eigenvalue weighted by Crippen LogP contribution is 2.12. The Morgan fingerprint density at radius 1 is 0.692 bits per heavy atom. The molecule has 0 fully saturated rings. The number of carboxylic acid groups (broad SMARTS) is 2. The van der Waals surface area contributed by atoms with Gasteiger partial charge in [0.1, 0.15) is 29.6 Å². The van der Waals surface area contributed by atoms with Gasteiger partial charge in [-0.25, -0.2) is 4.79 Å². The summed E-state index contributed by atoms with van der Waals surface area (Å²) in [6.45, 7) is 0. The van der Waals surface area contributed by atoms with Gasteiger partial charge in [0.2, 0.25) is 17.7 Å². The van der Waals surface area contributed by atoms with E-state index in [0.29, 0.717) is 11.1 Å². The van der Waals surface area contributed by atoms with E-state index in [1.165, 1.54) is 36.4 Å². The third-order valence-corrected chi connectivity index (χ3v) is 5.91. The summed E-state index contributed by atoms with van der Waals surface area (Å²) < 4.78 is 0. The van der Waals surface area contributed by atoms with Crippen LogP contribution in [0.3, 0.4) is 0 Å². The maximum Gasteiger partial charge on any atom is 0.326 e. The molecule has 0 saturated heterocycles. The molecule has 4 unspecified atom stereocenters. The Hall–Kier alpha value is -4.30. The lowest BCUT2D eigenvalue weighted by atomic mass is 10.0. The minimum Gasteiger partial charge on any atom is -0.508 e. The predicted octanol–water partition coefficient (Wildman–Crippen LogP) is -0.846. The van der Waals surface area contributed by atoms with Crippen molar-refractivity contribution in [3.05, 3.63) is 59.7 Å². The molecule has 0 aliphatic rings. The van der Waals surface area contributed by atoms with E-state index in [0.717, 1.165) is 0 Å². The van der Waals surface area contributed by atoms with Gasteiger partial charge in [-0.2, -0.15) is 12.6 Å². The van der Waals surface area contributed by atoms with Crippen molar-refractivity contribution in [3.63, 3.8) is 0 Å². The zero-order chi connectivity index (χ0) is 29.1. The van der Waals surface area contributed by atoms with Gasteiger partial charge in [0.05, 0.1) is 12.5 Å². The van der Waals surface area contributed by atoms with Crippen LogP contribution in [0.2, 0.25) is 0 Å². The molecule has 0 radical (unpaired) electrons. The summed E-state index contributed by atoms with van der Waals surface area (Å²) in [7, 11) is 0. The number of nitrogens with one attached hydrogen (secondary N) is 3. The molecule has 3 amide bonds. The van der Waals surface area contributed by atoms with Crippen LogP contribution >= 0.6 is 12.6 Å². The van der Waals surface area contributed by atoms with Gasteiger partial charge >= 0.3 is 11.9 Å². The number of hydrogen-bond acceptors (Lipinski definition) is 9. The summed E-state index contributed by atoms with van der Waals surface area (Å²) in [6, 6.07) is 6.11. The van der Waals surface area contributed by atoms with Gasteiger partial charge in [0.15, 0.2) is 0 Å². The zero-order valence-corrected chi connectivity index (χ0v) is 21.5. The minimum atomic E-state index is -1.59. The van der Waals surface area contributed by atoms with Crippen molar-refractivity contribution in [2.24, 2.45) is 5.73 Å². The number of aliphatic carboxylic acids is 2. The van der Waals surface area contributed by atoms with Crippen LogP contribution in [0, 0.1) is 0 Å². The molecule has 9 N–H and O–H groups in total. The largest absolute Gasteiger partial charge is 0.508 e. The molecule has 13 nitrogen and oxygen atoms in total. The van der Waals surface area contributed by atoms with E-state index in [1.54, 1.807) is 12.1 Å². The van der Waals surface area contributed by atoms with Crippen LogP contribution in [-0.2, 0) is 36.8 Å². The first kappa shape index (κ1) is 30.9. The van der Waals surface area contributed by atoms with Gasteiger partial charge in [-0.15, -0.1) is 0 Å². The molecule has 0 spiro atoms. The number of amides is 3. The summed E-state index contributed by atoms with van der Waals surface area (Å²) >= 11 is 4.03. The molecular weight excluding hydrogens is 532 g/mol. The number of carbonyl (C=O) groups excluding carboxylic acids is 3. The number of nitrogens with two attached hydrogens (primary N) is 1. The molecule has 0 bridgehead atoms. The summed E-state index contributed by atoms with van der Waals surface area (Å²) in [6.07, 6.45) is -0.902. The van der Waals surface area contributed by atoms with E-state index in [9.17, 15) is 44.4 Å². The maximum atomic E-state index is 12.8. The van der Waals surface area contributed by atoms with Crippen molar-refractivity contribution in [1.29, 1.82) is 0 Å². The second-order valence-corrected chi connectivity index (χ2v) is 9.01. The highest BCUT2D eigenvalue weighted by Gasteiger charge is 2.31. The van der Waals surface area contributed by atoms with E-state index < -0.39 is 60.2 Å². The zero-order valence-electron chi connectivity index (χ0n) is 20.6. The lowest BCUT2D eigenvalue weighted by Crippen LogP contribution is -2.58. The van der Waals surface area contributed by atoms with E-state index in [2.05, 4.69) is 28.6 Å². The first-order valence-corrected chi connectivity index (χ1v) is 12.3. The number of phenolic OH excluding ortho intramolecular Hbond substituents is 2. The summed E-state index contributed by atoms with van der Waals surface area (Å²) in [5, 5.41) is 44.3. The van der Waals surface area contributed by atoms with Crippen LogP contribution in [0.4, 0.5) is 0 Å². The molecule has 0 aliphatic heterocycles. The smallest absolute Gasteiger partial charge is 0.326 e. The molecule has 4 atom stereocenters. The third kappa shape index (κ3) is 10.2. The number of rotatable bonds is 14. The quantitative estimate of drug-likeness (QED) is 0.130. The monoisotopic (exact) mass is 562 g/mol. The lowest BCUT2D eigenvalue weighted by Gasteiger charge is -2.24. The Labute approximate surface area is 228 Å². The number of carboxylic acids is 2. The third-order valence-electron chi connectivity index (χ3n) is 5.55. The number of carbonyl (C=O) groups is 5. The normalized spacial score (nSPS) is 13.8. The fraction of sp³-hybridized carbons (Fsp3) is 0.320. The topological polar surface area (TPSA) is 228 Å². The molecule has 14 heteroatoms. The Morgan fingerprint density at radius 2 is 1.13 bits per heavy atom. The number of phenols is 2. The fourth-order valence-corrected chi connectivity index (χ4v) is 3.70.